The zero-order valence-corrected chi connectivity index (χ0v) is 31.0. The molecule has 0 bridgehead atoms. The number of hydrogen-bond acceptors (Lipinski definition) is 6. The average Bonchev–Trinajstić information content (AvgIpc) is 3.33. The van der Waals surface area contributed by atoms with E-state index in [4.69, 9.17) is 23.2 Å². The zero-order valence-electron chi connectivity index (χ0n) is 27.9. The number of aliphatic hydroxyl groups is 2. The molecule has 264 valence electrons. The predicted octanol–water partition coefficient (Wildman–Crippen LogP) is 5.68. The van der Waals surface area contributed by atoms with Crippen LogP contribution in [-0.4, -0.2) is 81.8 Å². The molecular weight excluding hydrogens is 734 g/mol. The van der Waals surface area contributed by atoms with Crippen LogP contribution in [0.5, 0.6) is 0 Å². The summed E-state index contributed by atoms with van der Waals surface area (Å²) in [6, 6.07) is 16.1. The van der Waals surface area contributed by atoms with Crippen molar-refractivity contribution in [1.29, 1.82) is 0 Å². The van der Waals surface area contributed by atoms with E-state index in [-0.39, 0.29) is 37.0 Å². The van der Waals surface area contributed by atoms with E-state index in [1.165, 1.54) is 12.1 Å². The van der Waals surface area contributed by atoms with E-state index in [0.29, 0.717) is 42.6 Å². The van der Waals surface area contributed by atoms with E-state index in [0.717, 1.165) is 26.7 Å². The van der Waals surface area contributed by atoms with Crippen molar-refractivity contribution in [2.45, 2.75) is 76.4 Å². The Bertz CT molecular complexity index is 1640. The van der Waals surface area contributed by atoms with Crippen LogP contribution in [0, 0.1) is 11.7 Å². The number of nitrogens with one attached hydrogen (secondary N) is 2. The quantitative estimate of drug-likeness (QED) is 0.200. The predicted molar refractivity (Wildman–Crippen MR) is 194 cm³/mol. The number of rotatable bonds is 11. The largest absolute Gasteiger partial charge is 0.392 e. The lowest BCUT2D eigenvalue weighted by Crippen LogP contribution is -2.61. The van der Waals surface area contributed by atoms with E-state index in [9.17, 15) is 24.2 Å². The molecule has 1 aliphatic carbocycles. The third kappa shape index (κ3) is 10.3. The van der Waals surface area contributed by atoms with Gasteiger partial charge in [-0.1, -0.05) is 63.4 Å². The molecule has 2 amide bonds. The third-order valence-electron chi connectivity index (χ3n) is 9.09. The van der Waals surface area contributed by atoms with Crippen LogP contribution in [0.3, 0.4) is 0 Å². The van der Waals surface area contributed by atoms with E-state index in [1.807, 2.05) is 56.0 Å². The van der Waals surface area contributed by atoms with Gasteiger partial charge in [0, 0.05) is 55.1 Å². The maximum Gasteiger partial charge on any atom is 0.239 e. The van der Waals surface area contributed by atoms with Crippen molar-refractivity contribution in [3.63, 3.8) is 0 Å². The molecule has 0 aromatic heterocycles. The number of carbonyl (C=O) groups is 2. The standard InChI is InChI=1S/C37H44BrCl2FN4O4/c1-37(2,3)43-36(49)32-21-44(19-23-6-11-30(39)31(40)15-23)12-13-45(32)20-28(46)16-25(14-22-4-9-27(41)10-5-22)35(48)42-34-29-18-26(38)8-7-24(29)17-33(34)47/h4-11,15,18,25,28,32-34,46-47H,12-14,16-17,19-21H2,1-3H3,(H,42,48)(H,43,49)/t25-,28+,32+,33-,34+/m1/s1. The summed E-state index contributed by atoms with van der Waals surface area (Å²) in [7, 11) is 0. The van der Waals surface area contributed by atoms with Crippen molar-refractivity contribution in [3.8, 4) is 0 Å². The molecule has 4 N–H and O–H groups in total. The number of piperazine rings is 1. The van der Waals surface area contributed by atoms with Crippen LogP contribution in [-0.2, 0) is 29.0 Å². The number of β-amino-alcohol motifs (C(OH)–C–C–N with tert-alkyl or cyclic N) is 1. The smallest absolute Gasteiger partial charge is 0.239 e. The van der Waals surface area contributed by atoms with E-state index >= 15 is 0 Å². The second-order valence-corrected chi connectivity index (χ2v) is 16.0. The molecule has 5 rings (SSSR count). The Morgan fingerprint density at radius 3 is 2.43 bits per heavy atom. The second-order valence-electron chi connectivity index (χ2n) is 14.3. The molecule has 0 unspecified atom stereocenters. The first-order valence-corrected chi connectivity index (χ1v) is 18.1. The summed E-state index contributed by atoms with van der Waals surface area (Å²) in [5, 5.41) is 29.5. The molecule has 1 fully saturated rings. The summed E-state index contributed by atoms with van der Waals surface area (Å²) in [6.45, 7) is 8.15. The summed E-state index contributed by atoms with van der Waals surface area (Å²) in [6.07, 6.45) is -0.935. The van der Waals surface area contributed by atoms with Crippen LogP contribution in [0.4, 0.5) is 4.39 Å². The van der Waals surface area contributed by atoms with Crippen LogP contribution in [0.15, 0.2) is 65.1 Å². The second kappa shape index (κ2) is 16.2. The van der Waals surface area contributed by atoms with Gasteiger partial charge >= 0.3 is 0 Å². The fraction of sp³-hybridized carbons (Fsp3) is 0.459. The number of amides is 2. The van der Waals surface area contributed by atoms with Gasteiger partial charge in [0.15, 0.2) is 0 Å². The Kier molecular flexibility index (Phi) is 12.4. The lowest BCUT2D eigenvalue weighted by atomic mass is 9.91. The van der Waals surface area contributed by atoms with Gasteiger partial charge in [-0.25, -0.2) is 4.39 Å². The van der Waals surface area contributed by atoms with Crippen LogP contribution < -0.4 is 10.6 Å². The summed E-state index contributed by atoms with van der Waals surface area (Å²) in [4.78, 5) is 31.7. The van der Waals surface area contributed by atoms with Gasteiger partial charge in [-0.15, -0.1) is 0 Å². The van der Waals surface area contributed by atoms with Crippen molar-refractivity contribution in [2.75, 3.05) is 26.2 Å². The molecule has 0 radical (unpaired) electrons. The lowest BCUT2D eigenvalue weighted by molar-refractivity contribution is -0.132. The summed E-state index contributed by atoms with van der Waals surface area (Å²) in [5.74, 6) is -1.51. The average molecular weight is 779 g/mol. The third-order valence-corrected chi connectivity index (χ3v) is 10.3. The number of aliphatic hydroxyl groups excluding tert-OH is 2. The fourth-order valence-electron chi connectivity index (χ4n) is 6.74. The van der Waals surface area contributed by atoms with E-state index < -0.39 is 35.7 Å². The topological polar surface area (TPSA) is 105 Å². The van der Waals surface area contributed by atoms with Crippen LogP contribution >= 0.6 is 39.1 Å². The lowest BCUT2D eigenvalue weighted by Gasteiger charge is -2.42. The van der Waals surface area contributed by atoms with Gasteiger partial charge in [-0.2, -0.15) is 0 Å². The Balaban J connectivity index is 1.31. The highest BCUT2D eigenvalue weighted by Gasteiger charge is 2.37. The van der Waals surface area contributed by atoms with Gasteiger partial charge in [0.25, 0.3) is 0 Å². The number of nitrogens with zero attached hydrogens (tertiary/aromatic N) is 2. The molecule has 3 aromatic carbocycles. The number of benzene rings is 3. The van der Waals surface area contributed by atoms with Crippen molar-refractivity contribution in [1.82, 2.24) is 20.4 Å². The van der Waals surface area contributed by atoms with Gasteiger partial charge < -0.3 is 20.8 Å². The molecular formula is C37H44BrCl2FN4O4. The zero-order chi connectivity index (χ0) is 35.5. The van der Waals surface area contributed by atoms with Gasteiger partial charge in [0.2, 0.25) is 11.8 Å². The van der Waals surface area contributed by atoms with Crippen LogP contribution in [0.2, 0.25) is 10.0 Å². The Labute approximate surface area is 306 Å². The maximum atomic E-state index is 13.9. The number of halogens is 4. The van der Waals surface area contributed by atoms with Crippen molar-refractivity contribution < 1.29 is 24.2 Å². The molecule has 0 spiro atoms. The number of carbonyl (C=O) groups excluding carboxylic acids is 2. The molecule has 0 saturated carbocycles. The molecule has 5 atom stereocenters. The van der Waals surface area contributed by atoms with Crippen molar-refractivity contribution in [3.05, 3.63) is 103 Å². The molecule has 8 nitrogen and oxygen atoms in total. The molecule has 1 saturated heterocycles. The van der Waals surface area contributed by atoms with Gasteiger partial charge in [-0.3, -0.25) is 19.4 Å². The number of hydrogen-bond donors (Lipinski definition) is 4. The minimum Gasteiger partial charge on any atom is -0.392 e. The normalized spacial score (nSPS) is 21.2. The first kappa shape index (κ1) is 37.7. The molecule has 2 aliphatic rings. The molecule has 1 aliphatic heterocycles. The van der Waals surface area contributed by atoms with Crippen molar-refractivity contribution >= 4 is 50.9 Å². The molecule has 12 heteroatoms. The van der Waals surface area contributed by atoms with Gasteiger partial charge in [-0.05, 0) is 92.3 Å². The number of fused-ring (bicyclic) bond motifs is 1. The van der Waals surface area contributed by atoms with E-state index in [1.54, 1.807) is 18.2 Å². The van der Waals surface area contributed by atoms with Crippen LogP contribution in [0.25, 0.3) is 0 Å². The molecule has 49 heavy (non-hydrogen) atoms. The first-order valence-electron chi connectivity index (χ1n) is 16.6. The van der Waals surface area contributed by atoms with Gasteiger partial charge in [0.05, 0.1) is 28.3 Å². The van der Waals surface area contributed by atoms with Crippen molar-refractivity contribution in [2.24, 2.45) is 5.92 Å². The monoisotopic (exact) mass is 776 g/mol. The van der Waals surface area contributed by atoms with Crippen LogP contribution in [0.1, 0.15) is 55.5 Å². The Morgan fingerprint density at radius 1 is 1.02 bits per heavy atom. The van der Waals surface area contributed by atoms with E-state index in [2.05, 4.69) is 31.5 Å². The SMILES string of the molecule is CC(C)(C)NC(=O)[C@@H]1CN(Cc2ccc(Cl)c(Cl)c2)CCN1C[C@@H](O)C[C@@H](Cc1ccc(F)cc1)C(=O)N[C@H]1c2cc(Br)ccc2C[C@H]1O. The highest BCUT2D eigenvalue weighted by molar-refractivity contribution is 9.10. The highest BCUT2D eigenvalue weighted by Crippen LogP contribution is 2.34. The minimum atomic E-state index is -0.947. The van der Waals surface area contributed by atoms with Gasteiger partial charge in [0.1, 0.15) is 11.9 Å². The minimum absolute atomic E-state index is 0.106. The molecule has 1 heterocycles. The summed E-state index contributed by atoms with van der Waals surface area (Å²) in [5.41, 5.74) is 3.10. The highest BCUT2D eigenvalue weighted by atomic mass is 79.9. The summed E-state index contributed by atoms with van der Waals surface area (Å²) < 4.78 is 14.6. The summed E-state index contributed by atoms with van der Waals surface area (Å²) >= 11 is 15.9. The first-order chi connectivity index (χ1) is 23.1. The fourth-order valence-corrected chi connectivity index (χ4v) is 7.43. The maximum absolute atomic E-state index is 13.9. The Morgan fingerprint density at radius 2 is 1.73 bits per heavy atom. The Hall–Kier alpha value is -2.57. The molecule has 3 aromatic rings.